The van der Waals surface area contributed by atoms with E-state index < -0.39 is 63.8 Å². The first kappa shape index (κ1) is 22.4. The second-order valence-electron chi connectivity index (χ2n) is 8.83. The van der Waals surface area contributed by atoms with Gasteiger partial charge in [-0.05, 0) is 44.5 Å². The van der Waals surface area contributed by atoms with Crippen LogP contribution in [0.25, 0.3) is 5.76 Å². The Balaban J connectivity index is 1.99. The van der Waals surface area contributed by atoms with Crippen LogP contribution in [0.3, 0.4) is 0 Å². The van der Waals surface area contributed by atoms with Crippen molar-refractivity contribution in [3.63, 3.8) is 0 Å². The van der Waals surface area contributed by atoms with E-state index in [-0.39, 0.29) is 35.2 Å². The van der Waals surface area contributed by atoms with Gasteiger partial charge in [0.15, 0.2) is 17.1 Å². The number of nitrogens with zero attached hydrogens (tertiary/aromatic N) is 1. The summed E-state index contributed by atoms with van der Waals surface area (Å²) in [6, 6.07) is 0.393. The highest BCUT2D eigenvalue weighted by Gasteiger charge is 2.64. The molecule has 33 heavy (non-hydrogen) atoms. The van der Waals surface area contributed by atoms with E-state index in [0.717, 1.165) is 0 Å². The third-order valence-electron chi connectivity index (χ3n) is 6.91. The molecule has 0 spiro atoms. The quantitative estimate of drug-likeness (QED) is 0.149. The van der Waals surface area contributed by atoms with Crippen LogP contribution in [-0.2, 0) is 20.8 Å². The molecule has 1 fully saturated rings. The number of nitrogen functional groups attached to an aromatic ring is 1. The summed E-state index contributed by atoms with van der Waals surface area (Å²) < 4.78 is 0. The van der Waals surface area contributed by atoms with Gasteiger partial charge in [0.2, 0.25) is 5.78 Å². The largest absolute Gasteiger partial charge is 0.508 e. The van der Waals surface area contributed by atoms with E-state index in [0.29, 0.717) is 5.56 Å². The van der Waals surface area contributed by atoms with Gasteiger partial charge in [0.05, 0.1) is 22.9 Å². The van der Waals surface area contributed by atoms with Gasteiger partial charge in [-0.25, -0.2) is 0 Å². The molecule has 0 saturated heterocycles. The molecule has 0 aromatic heterocycles. The highest BCUT2D eigenvalue weighted by atomic mass is 16.3. The highest BCUT2D eigenvalue weighted by molar-refractivity contribution is 6.24. The number of hydrogen-bond donors (Lipinski definition) is 6. The monoisotopic (exact) mass is 453 g/mol. The zero-order valence-corrected chi connectivity index (χ0v) is 17.9. The molecule has 4 rings (SSSR count). The molecule has 8 N–H and O–H groups in total. The van der Waals surface area contributed by atoms with Crippen molar-refractivity contribution in [1.82, 2.24) is 4.90 Å². The number of carbonyl (C=O) groups is 3. The summed E-state index contributed by atoms with van der Waals surface area (Å²) in [6.45, 7) is 0. The van der Waals surface area contributed by atoms with Crippen molar-refractivity contribution >= 4 is 28.9 Å². The van der Waals surface area contributed by atoms with Crippen LogP contribution in [0.15, 0.2) is 23.0 Å². The van der Waals surface area contributed by atoms with E-state index in [9.17, 15) is 34.8 Å². The zero-order chi connectivity index (χ0) is 24.6. The van der Waals surface area contributed by atoms with Gasteiger partial charge in [-0.15, -0.1) is 6.42 Å². The number of ketones is 2. The number of aliphatic hydroxyl groups is 3. The number of amides is 1. The second kappa shape index (κ2) is 7.10. The summed E-state index contributed by atoms with van der Waals surface area (Å²) in [5, 5.41) is 43.8. The third-order valence-corrected chi connectivity index (χ3v) is 6.91. The molecule has 4 atom stereocenters. The van der Waals surface area contributed by atoms with E-state index >= 15 is 0 Å². The lowest BCUT2D eigenvalue weighted by Crippen LogP contribution is -2.65. The Hall–Kier alpha value is -3.81. The first-order valence-electron chi connectivity index (χ1n) is 10.1. The van der Waals surface area contributed by atoms with Crippen molar-refractivity contribution in [3.8, 4) is 18.1 Å². The number of hydrogen-bond acceptors (Lipinski definition) is 9. The van der Waals surface area contributed by atoms with Crippen LogP contribution < -0.4 is 11.5 Å². The number of primary amides is 1. The molecule has 0 aliphatic heterocycles. The number of terminal acetylenes is 1. The normalized spacial score (nSPS) is 28.9. The van der Waals surface area contributed by atoms with Gasteiger partial charge in [0.1, 0.15) is 17.1 Å². The fraction of sp³-hybridized carbons (Fsp3) is 0.348. The minimum atomic E-state index is -2.68. The summed E-state index contributed by atoms with van der Waals surface area (Å²) in [7, 11) is 3.07. The van der Waals surface area contributed by atoms with Gasteiger partial charge in [0, 0.05) is 11.5 Å². The molecule has 10 heteroatoms. The average Bonchev–Trinajstić information content (AvgIpc) is 2.72. The molecule has 0 unspecified atom stereocenters. The lowest BCUT2D eigenvalue weighted by atomic mass is 9.57. The molecule has 1 aromatic carbocycles. The number of fused-ring (bicyclic) bond motifs is 3. The van der Waals surface area contributed by atoms with E-state index in [4.69, 9.17) is 17.9 Å². The number of rotatable bonds is 2. The third kappa shape index (κ3) is 2.73. The molecule has 0 radical (unpaired) electrons. The van der Waals surface area contributed by atoms with Gasteiger partial charge in [-0.1, -0.05) is 5.92 Å². The molecule has 172 valence electrons. The van der Waals surface area contributed by atoms with Crippen molar-refractivity contribution in [1.29, 1.82) is 0 Å². The Morgan fingerprint density at radius 2 is 1.91 bits per heavy atom. The van der Waals surface area contributed by atoms with Crippen LogP contribution in [0, 0.1) is 24.2 Å². The number of carbonyl (C=O) groups excluding carboxylic acids is 3. The lowest BCUT2D eigenvalue weighted by Gasteiger charge is -2.50. The first-order chi connectivity index (χ1) is 15.4. The van der Waals surface area contributed by atoms with E-state index in [1.807, 2.05) is 0 Å². The molecular weight excluding hydrogens is 430 g/mol. The highest BCUT2D eigenvalue weighted by Crippen LogP contribution is 2.53. The summed E-state index contributed by atoms with van der Waals surface area (Å²) in [6.07, 6.45) is 5.60. The first-order valence-corrected chi connectivity index (χ1v) is 10.1. The van der Waals surface area contributed by atoms with Crippen LogP contribution in [0.5, 0.6) is 5.75 Å². The lowest BCUT2D eigenvalue weighted by molar-refractivity contribution is -0.153. The van der Waals surface area contributed by atoms with E-state index in [1.54, 1.807) is 0 Å². The number of aromatic hydroxyl groups is 1. The molecule has 0 heterocycles. The number of benzene rings is 1. The Morgan fingerprint density at radius 1 is 1.27 bits per heavy atom. The van der Waals surface area contributed by atoms with Gasteiger partial charge in [0.25, 0.3) is 5.91 Å². The Morgan fingerprint density at radius 3 is 2.45 bits per heavy atom. The number of nitrogens with two attached hydrogens (primary N) is 2. The number of anilines is 1. The Bertz CT molecular complexity index is 1250. The van der Waals surface area contributed by atoms with Gasteiger partial charge in [-0.2, -0.15) is 0 Å². The van der Waals surface area contributed by atoms with Gasteiger partial charge >= 0.3 is 0 Å². The maximum atomic E-state index is 13.6. The predicted molar refractivity (Wildman–Crippen MR) is 117 cm³/mol. The van der Waals surface area contributed by atoms with Crippen molar-refractivity contribution in [3.05, 3.63) is 39.7 Å². The van der Waals surface area contributed by atoms with Crippen LogP contribution in [0.4, 0.5) is 5.69 Å². The van der Waals surface area contributed by atoms with Crippen molar-refractivity contribution in [2.45, 2.75) is 24.5 Å². The number of Topliss-reactive ketones (excluding diaryl/α,β-unsaturated/α-hetero) is 2. The maximum Gasteiger partial charge on any atom is 0.255 e. The smallest absolute Gasteiger partial charge is 0.255 e. The minimum Gasteiger partial charge on any atom is -0.508 e. The molecule has 3 aliphatic carbocycles. The standard InChI is InChI=1S/C23H23N3O7/c1-4-8-5-9-6-10-7-11-16(26(2)3)19(29)14(22(25)32)21(31)23(11,33)20(30)13(10)17(27)12(9)18(28)15(8)24/h1,5,10-11,16,27-28,31,33H,6-7,24H2,2-3H3,(H2,25,32)/t10-,11-,16-,23-/m0/s1. The summed E-state index contributed by atoms with van der Waals surface area (Å²) in [4.78, 5) is 40.0. The molecular formula is C23H23N3O7. The number of likely N-dealkylation sites (N-methyl/N-ethyl adjacent to an activating group) is 1. The topological polar surface area (TPSA) is 187 Å². The average molecular weight is 453 g/mol. The van der Waals surface area contributed by atoms with Crippen molar-refractivity contribution in [2.24, 2.45) is 17.6 Å². The Kier molecular flexibility index (Phi) is 4.81. The van der Waals surface area contributed by atoms with E-state index in [1.165, 1.54) is 25.1 Å². The Labute approximate surface area is 188 Å². The number of aliphatic hydroxyl groups excluding tert-OH is 2. The fourth-order valence-electron chi connectivity index (χ4n) is 5.43. The molecule has 1 amide bonds. The van der Waals surface area contributed by atoms with Crippen LogP contribution in [0.1, 0.15) is 23.1 Å². The van der Waals surface area contributed by atoms with Crippen LogP contribution in [0.2, 0.25) is 0 Å². The second-order valence-corrected chi connectivity index (χ2v) is 8.83. The molecule has 10 nitrogen and oxygen atoms in total. The molecule has 1 saturated carbocycles. The fourth-order valence-corrected chi connectivity index (χ4v) is 5.43. The summed E-state index contributed by atoms with van der Waals surface area (Å²) in [5.41, 5.74) is 7.76. The summed E-state index contributed by atoms with van der Waals surface area (Å²) in [5.74, 6) is -4.87. The predicted octanol–water partition coefficient (Wildman–Crippen LogP) is -0.473. The van der Waals surface area contributed by atoms with Gasteiger partial charge in [-0.3, -0.25) is 19.3 Å². The zero-order valence-electron chi connectivity index (χ0n) is 17.9. The number of phenolic OH excluding ortho intramolecular Hbond substituents is 1. The van der Waals surface area contributed by atoms with E-state index in [2.05, 4.69) is 5.92 Å². The van der Waals surface area contributed by atoms with Crippen molar-refractivity contribution in [2.75, 3.05) is 19.8 Å². The minimum absolute atomic E-state index is 0.00227. The van der Waals surface area contributed by atoms with Gasteiger partial charge < -0.3 is 31.9 Å². The molecule has 0 bridgehead atoms. The number of phenols is 1. The SMILES string of the molecule is C#Cc1cc2c(c(O)c1N)C(O)=C1C(=O)[C@]3(O)C(O)=C(C(N)=O)C(=O)[C@@H](N(C)C)[C@@H]3C[C@@H]1C2. The molecule has 1 aromatic rings. The maximum absolute atomic E-state index is 13.6. The van der Waals surface area contributed by atoms with Crippen LogP contribution >= 0.6 is 0 Å². The summed E-state index contributed by atoms with van der Waals surface area (Å²) >= 11 is 0. The molecule has 3 aliphatic rings. The van der Waals surface area contributed by atoms with Crippen LogP contribution in [-0.4, -0.2) is 68.5 Å². The van der Waals surface area contributed by atoms with Crippen molar-refractivity contribution < 1.29 is 34.8 Å².